The lowest BCUT2D eigenvalue weighted by Crippen LogP contribution is -2.22. The predicted octanol–water partition coefficient (Wildman–Crippen LogP) is 3.96. The maximum atomic E-state index is 5.99. The number of rotatable bonds is 6. The van der Waals surface area contributed by atoms with Crippen molar-refractivity contribution in [3.8, 4) is 11.5 Å². The zero-order valence-corrected chi connectivity index (χ0v) is 15.7. The highest BCUT2D eigenvalue weighted by molar-refractivity contribution is 9.10. The lowest BCUT2D eigenvalue weighted by atomic mass is 10.1. The number of nitrogens with two attached hydrogens (primary N) is 1. The Kier molecular flexibility index (Phi) is 6.49. The van der Waals surface area contributed by atoms with Gasteiger partial charge in [-0.2, -0.15) is 0 Å². The molecule has 0 aliphatic heterocycles. The van der Waals surface area contributed by atoms with Crippen LogP contribution in [-0.2, 0) is 13.0 Å². The molecule has 6 heteroatoms. The largest absolute Gasteiger partial charge is 0.493 e. The van der Waals surface area contributed by atoms with Crippen LogP contribution >= 0.6 is 15.9 Å². The molecular weight excluding hydrogens is 370 g/mol. The van der Waals surface area contributed by atoms with E-state index in [-0.39, 0.29) is 0 Å². The van der Waals surface area contributed by atoms with E-state index in [0.717, 1.165) is 22.1 Å². The van der Waals surface area contributed by atoms with E-state index in [0.29, 0.717) is 24.0 Å². The summed E-state index contributed by atoms with van der Waals surface area (Å²) in [6.07, 6.45) is 0.977. The molecule has 0 saturated heterocycles. The highest BCUT2D eigenvalue weighted by atomic mass is 79.9. The molecule has 128 valence electrons. The number of nitrogens with zero attached hydrogens (tertiary/aromatic N) is 1. The minimum Gasteiger partial charge on any atom is -0.493 e. The summed E-state index contributed by atoms with van der Waals surface area (Å²) in [5, 5.41) is 3.11. The van der Waals surface area contributed by atoms with Gasteiger partial charge < -0.3 is 20.5 Å². The molecule has 5 nitrogen and oxygen atoms in total. The Morgan fingerprint density at radius 2 is 1.88 bits per heavy atom. The molecule has 2 rings (SSSR count). The van der Waals surface area contributed by atoms with Crippen molar-refractivity contribution in [1.29, 1.82) is 0 Å². The van der Waals surface area contributed by atoms with Crippen molar-refractivity contribution in [2.75, 3.05) is 19.5 Å². The normalized spacial score (nSPS) is 11.2. The van der Waals surface area contributed by atoms with Gasteiger partial charge in [-0.05, 0) is 41.8 Å². The summed E-state index contributed by atoms with van der Waals surface area (Å²) in [5.41, 5.74) is 9.13. The third-order valence-corrected chi connectivity index (χ3v) is 4.32. The molecule has 0 spiro atoms. The van der Waals surface area contributed by atoms with Gasteiger partial charge in [0, 0.05) is 10.2 Å². The average molecular weight is 392 g/mol. The highest BCUT2D eigenvalue weighted by Crippen LogP contribution is 2.33. The number of aliphatic imine (C=N–C) groups is 1. The van der Waals surface area contributed by atoms with E-state index in [2.05, 4.69) is 45.3 Å². The first-order chi connectivity index (χ1) is 11.6. The summed E-state index contributed by atoms with van der Waals surface area (Å²) in [5.74, 6) is 1.69. The van der Waals surface area contributed by atoms with Crippen LogP contribution in [0.5, 0.6) is 11.5 Å². The van der Waals surface area contributed by atoms with Crippen molar-refractivity contribution < 1.29 is 9.47 Å². The van der Waals surface area contributed by atoms with Gasteiger partial charge in [-0.25, -0.2) is 4.99 Å². The topological polar surface area (TPSA) is 68.9 Å². The maximum Gasteiger partial charge on any atom is 0.193 e. The number of ether oxygens (including phenoxy) is 2. The Morgan fingerprint density at radius 3 is 2.54 bits per heavy atom. The molecule has 0 aliphatic rings. The Hall–Kier alpha value is -2.21. The zero-order chi connectivity index (χ0) is 17.5. The van der Waals surface area contributed by atoms with E-state index in [1.165, 1.54) is 5.56 Å². The van der Waals surface area contributed by atoms with Crippen molar-refractivity contribution >= 4 is 27.6 Å². The summed E-state index contributed by atoms with van der Waals surface area (Å²) in [6.45, 7) is 2.54. The van der Waals surface area contributed by atoms with E-state index in [9.17, 15) is 0 Å². The van der Waals surface area contributed by atoms with E-state index in [1.807, 2.05) is 24.3 Å². The van der Waals surface area contributed by atoms with E-state index < -0.39 is 0 Å². The Balaban J connectivity index is 2.11. The van der Waals surface area contributed by atoms with Crippen LogP contribution in [0.2, 0.25) is 0 Å². The van der Waals surface area contributed by atoms with Gasteiger partial charge in [-0.3, -0.25) is 0 Å². The fourth-order valence-corrected chi connectivity index (χ4v) is 2.69. The average Bonchev–Trinajstić information content (AvgIpc) is 2.60. The van der Waals surface area contributed by atoms with Crippen LogP contribution in [0, 0.1) is 0 Å². The van der Waals surface area contributed by atoms with E-state index in [4.69, 9.17) is 15.2 Å². The summed E-state index contributed by atoms with van der Waals surface area (Å²) in [4.78, 5) is 4.39. The minimum absolute atomic E-state index is 0.366. The molecule has 2 aromatic rings. The summed E-state index contributed by atoms with van der Waals surface area (Å²) < 4.78 is 11.5. The standard InChI is InChI=1S/C18H22BrN3O2/c1-4-12-6-5-7-14(8-12)22-18(20)21-11-13-9-16(23-2)17(24-3)10-15(13)19/h5-10H,4,11H2,1-3H3,(H3,20,21,22). The molecule has 0 heterocycles. The fraction of sp³-hybridized carbons (Fsp3) is 0.278. The number of hydrogen-bond acceptors (Lipinski definition) is 3. The number of guanidine groups is 1. The van der Waals surface area contributed by atoms with Crippen molar-refractivity contribution in [2.45, 2.75) is 19.9 Å². The van der Waals surface area contributed by atoms with Gasteiger partial charge in [-0.15, -0.1) is 0 Å². The lowest BCUT2D eigenvalue weighted by molar-refractivity contribution is 0.354. The monoisotopic (exact) mass is 391 g/mol. The number of aryl methyl sites for hydroxylation is 1. The third-order valence-electron chi connectivity index (χ3n) is 3.58. The number of hydrogen-bond donors (Lipinski definition) is 2. The second-order valence-corrected chi connectivity index (χ2v) is 6.03. The molecular formula is C18H22BrN3O2. The number of nitrogens with one attached hydrogen (secondary N) is 1. The van der Waals surface area contributed by atoms with Crippen LogP contribution in [-0.4, -0.2) is 20.2 Å². The van der Waals surface area contributed by atoms with Gasteiger partial charge >= 0.3 is 0 Å². The molecule has 2 aromatic carbocycles. The molecule has 0 saturated carbocycles. The number of methoxy groups -OCH3 is 2. The smallest absolute Gasteiger partial charge is 0.193 e. The number of benzene rings is 2. The van der Waals surface area contributed by atoms with Crippen LogP contribution in [0.1, 0.15) is 18.1 Å². The molecule has 0 amide bonds. The lowest BCUT2D eigenvalue weighted by Gasteiger charge is -2.11. The van der Waals surface area contributed by atoms with E-state index >= 15 is 0 Å². The van der Waals surface area contributed by atoms with Crippen LogP contribution in [0.25, 0.3) is 0 Å². The molecule has 0 aromatic heterocycles. The Bertz CT molecular complexity index is 732. The SMILES string of the molecule is CCc1cccc(NC(N)=NCc2cc(OC)c(OC)cc2Br)c1. The first-order valence-electron chi connectivity index (χ1n) is 7.63. The van der Waals surface area contributed by atoms with Gasteiger partial charge in [0.2, 0.25) is 0 Å². The van der Waals surface area contributed by atoms with Gasteiger partial charge in [0.05, 0.1) is 20.8 Å². The molecule has 0 radical (unpaired) electrons. The zero-order valence-electron chi connectivity index (χ0n) is 14.1. The van der Waals surface area contributed by atoms with Crippen LogP contribution < -0.4 is 20.5 Å². The molecule has 0 atom stereocenters. The summed E-state index contributed by atoms with van der Waals surface area (Å²) in [6, 6.07) is 11.9. The molecule has 0 fully saturated rings. The second kappa shape index (κ2) is 8.59. The first-order valence-corrected chi connectivity index (χ1v) is 8.43. The van der Waals surface area contributed by atoms with Gasteiger partial charge in [0.15, 0.2) is 17.5 Å². The summed E-state index contributed by atoms with van der Waals surface area (Å²) >= 11 is 3.52. The van der Waals surface area contributed by atoms with Crippen molar-refractivity contribution in [3.63, 3.8) is 0 Å². The number of anilines is 1. The maximum absolute atomic E-state index is 5.99. The molecule has 0 unspecified atom stereocenters. The van der Waals surface area contributed by atoms with Gasteiger partial charge in [0.1, 0.15) is 0 Å². The van der Waals surface area contributed by atoms with Crippen LogP contribution in [0.15, 0.2) is 45.9 Å². The second-order valence-electron chi connectivity index (χ2n) is 5.18. The molecule has 0 bridgehead atoms. The molecule has 3 N–H and O–H groups in total. The van der Waals surface area contributed by atoms with Crippen molar-refractivity contribution in [1.82, 2.24) is 0 Å². The quantitative estimate of drug-likeness (QED) is 0.577. The predicted molar refractivity (Wildman–Crippen MR) is 102 cm³/mol. The van der Waals surface area contributed by atoms with E-state index in [1.54, 1.807) is 14.2 Å². The third kappa shape index (κ3) is 4.64. The highest BCUT2D eigenvalue weighted by Gasteiger charge is 2.09. The van der Waals surface area contributed by atoms with Crippen LogP contribution in [0.4, 0.5) is 5.69 Å². The van der Waals surface area contributed by atoms with Crippen molar-refractivity contribution in [2.24, 2.45) is 10.7 Å². The van der Waals surface area contributed by atoms with Crippen molar-refractivity contribution in [3.05, 3.63) is 52.0 Å². The first kappa shape index (κ1) is 18.1. The Labute approximate surface area is 151 Å². The molecule has 0 aliphatic carbocycles. The minimum atomic E-state index is 0.366. The fourth-order valence-electron chi connectivity index (χ4n) is 2.24. The Morgan fingerprint density at radius 1 is 1.17 bits per heavy atom. The molecule has 24 heavy (non-hydrogen) atoms. The summed E-state index contributed by atoms with van der Waals surface area (Å²) in [7, 11) is 3.21. The van der Waals surface area contributed by atoms with Crippen LogP contribution in [0.3, 0.4) is 0 Å². The van der Waals surface area contributed by atoms with Gasteiger partial charge in [0.25, 0.3) is 0 Å². The number of halogens is 1. The van der Waals surface area contributed by atoms with Gasteiger partial charge in [-0.1, -0.05) is 35.0 Å².